The zero-order valence-electron chi connectivity index (χ0n) is 17.0. The fourth-order valence-electron chi connectivity index (χ4n) is 4.04. The number of nitrogens with zero attached hydrogens (tertiary/aromatic N) is 1. The highest BCUT2D eigenvalue weighted by molar-refractivity contribution is 6.31. The van der Waals surface area contributed by atoms with Gasteiger partial charge in [-0.25, -0.2) is 8.78 Å². The lowest BCUT2D eigenvalue weighted by Gasteiger charge is -2.38. The van der Waals surface area contributed by atoms with E-state index in [0.29, 0.717) is 23.5 Å². The first-order valence-corrected chi connectivity index (χ1v) is 10.1. The predicted molar refractivity (Wildman–Crippen MR) is 114 cm³/mol. The molecule has 1 amide bonds. The zero-order chi connectivity index (χ0) is 22.1. The summed E-state index contributed by atoms with van der Waals surface area (Å²) in [5, 5.41) is 0.180. The molecule has 1 aliphatic rings. The third-order valence-corrected chi connectivity index (χ3v) is 5.84. The first-order chi connectivity index (χ1) is 15.0. The third kappa shape index (κ3) is 3.72. The van der Waals surface area contributed by atoms with Crippen LogP contribution in [-0.4, -0.2) is 31.6 Å². The van der Waals surface area contributed by atoms with E-state index in [2.05, 4.69) is 0 Å². The molecule has 0 spiro atoms. The molecule has 1 atom stereocenters. The first-order valence-electron chi connectivity index (χ1n) is 9.70. The van der Waals surface area contributed by atoms with E-state index in [9.17, 15) is 9.18 Å². The Labute approximate surface area is 184 Å². The van der Waals surface area contributed by atoms with Crippen LogP contribution >= 0.6 is 11.6 Å². The van der Waals surface area contributed by atoms with Gasteiger partial charge in [0.05, 0.1) is 25.8 Å². The predicted octanol–water partition coefficient (Wildman–Crippen LogP) is 5.42. The molecule has 1 unspecified atom stereocenters. The van der Waals surface area contributed by atoms with Crippen LogP contribution in [0.5, 0.6) is 11.5 Å². The Bertz CT molecular complexity index is 1130. The van der Waals surface area contributed by atoms with Gasteiger partial charge in [-0.2, -0.15) is 0 Å². The number of hydrogen-bond acceptors (Lipinski definition) is 3. The summed E-state index contributed by atoms with van der Waals surface area (Å²) in [5.41, 5.74) is 1.60. The van der Waals surface area contributed by atoms with E-state index >= 15 is 4.39 Å². The maximum Gasteiger partial charge on any atom is 0.257 e. The van der Waals surface area contributed by atoms with E-state index in [1.807, 2.05) is 6.07 Å². The number of methoxy groups -OCH3 is 2. The molecular formula is C24H20ClF2NO3. The summed E-state index contributed by atoms with van der Waals surface area (Å²) >= 11 is 6.40. The van der Waals surface area contributed by atoms with Crippen molar-refractivity contribution in [3.05, 3.63) is 93.5 Å². The van der Waals surface area contributed by atoms with Crippen LogP contribution in [-0.2, 0) is 6.42 Å². The largest absolute Gasteiger partial charge is 0.493 e. The van der Waals surface area contributed by atoms with Gasteiger partial charge in [0, 0.05) is 17.1 Å². The monoisotopic (exact) mass is 443 g/mol. The van der Waals surface area contributed by atoms with Crippen LogP contribution in [0, 0.1) is 11.6 Å². The van der Waals surface area contributed by atoms with Gasteiger partial charge in [0.15, 0.2) is 11.5 Å². The van der Waals surface area contributed by atoms with Crippen LogP contribution < -0.4 is 9.47 Å². The van der Waals surface area contributed by atoms with Crippen molar-refractivity contribution < 1.29 is 23.0 Å². The summed E-state index contributed by atoms with van der Waals surface area (Å²) in [6.07, 6.45) is 0.485. The Kier molecular flexibility index (Phi) is 5.83. The lowest BCUT2D eigenvalue weighted by molar-refractivity contribution is 0.0687. The second-order valence-corrected chi connectivity index (χ2v) is 7.58. The highest BCUT2D eigenvalue weighted by Gasteiger charge is 2.37. The van der Waals surface area contributed by atoms with Crippen molar-refractivity contribution in [2.45, 2.75) is 12.5 Å². The number of hydrogen-bond donors (Lipinski definition) is 0. The van der Waals surface area contributed by atoms with Crippen molar-refractivity contribution in [2.75, 3.05) is 20.8 Å². The van der Waals surface area contributed by atoms with Gasteiger partial charge in [0.25, 0.3) is 5.91 Å². The minimum absolute atomic E-state index is 0.0797. The van der Waals surface area contributed by atoms with Gasteiger partial charge in [-0.15, -0.1) is 0 Å². The lowest BCUT2D eigenvalue weighted by Crippen LogP contribution is -2.41. The average Bonchev–Trinajstić information content (AvgIpc) is 2.77. The van der Waals surface area contributed by atoms with Crippen LogP contribution in [0.25, 0.3) is 0 Å². The third-order valence-electron chi connectivity index (χ3n) is 5.51. The van der Waals surface area contributed by atoms with Gasteiger partial charge >= 0.3 is 0 Å². The Balaban J connectivity index is 1.93. The molecule has 0 saturated heterocycles. The van der Waals surface area contributed by atoms with E-state index in [1.54, 1.807) is 18.2 Å². The Morgan fingerprint density at radius 3 is 2.35 bits per heavy atom. The number of carbonyl (C=O) groups is 1. The Hall–Kier alpha value is -3.12. The van der Waals surface area contributed by atoms with Gasteiger partial charge in [-0.3, -0.25) is 4.79 Å². The zero-order valence-corrected chi connectivity index (χ0v) is 17.7. The molecule has 4 nitrogen and oxygen atoms in total. The van der Waals surface area contributed by atoms with E-state index in [1.165, 1.54) is 49.5 Å². The van der Waals surface area contributed by atoms with Crippen molar-refractivity contribution in [1.29, 1.82) is 0 Å². The molecule has 0 fully saturated rings. The van der Waals surface area contributed by atoms with Gasteiger partial charge in [0.1, 0.15) is 11.6 Å². The van der Waals surface area contributed by atoms with Gasteiger partial charge in [0.2, 0.25) is 0 Å². The molecule has 1 heterocycles. The molecule has 0 N–H and O–H groups in total. The summed E-state index contributed by atoms with van der Waals surface area (Å²) in [7, 11) is 3.03. The maximum absolute atomic E-state index is 15.0. The number of amides is 1. The SMILES string of the molecule is COc1cc2c(cc1OC)C(c1c(F)cccc1Cl)N(C(=O)c1ccccc1F)CC2. The summed E-state index contributed by atoms with van der Waals surface area (Å²) in [4.78, 5) is 14.8. The summed E-state index contributed by atoms with van der Waals surface area (Å²) in [6, 6.07) is 12.8. The summed E-state index contributed by atoms with van der Waals surface area (Å²) in [5.74, 6) is -0.745. The first kappa shape index (κ1) is 21.1. The molecule has 4 rings (SSSR count). The smallest absolute Gasteiger partial charge is 0.257 e. The molecule has 160 valence electrons. The van der Waals surface area contributed by atoms with E-state index in [-0.39, 0.29) is 22.7 Å². The van der Waals surface area contributed by atoms with Crippen molar-refractivity contribution in [1.82, 2.24) is 4.90 Å². The van der Waals surface area contributed by atoms with E-state index in [4.69, 9.17) is 21.1 Å². The number of carbonyl (C=O) groups excluding carboxylic acids is 1. The lowest BCUT2D eigenvalue weighted by atomic mass is 9.86. The van der Waals surface area contributed by atoms with Crippen molar-refractivity contribution >= 4 is 17.5 Å². The molecular weight excluding hydrogens is 424 g/mol. The van der Waals surface area contributed by atoms with Crippen molar-refractivity contribution in [3.8, 4) is 11.5 Å². The number of fused-ring (bicyclic) bond motifs is 1. The number of benzene rings is 3. The van der Waals surface area contributed by atoms with Crippen LogP contribution in [0.1, 0.15) is 33.1 Å². The van der Waals surface area contributed by atoms with E-state index in [0.717, 1.165) is 5.56 Å². The van der Waals surface area contributed by atoms with Crippen LogP contribution in [0.15, 0.2) is 54.6 Å². The molecule has 31 heavy (non-hydrogen) atoms. The normalized spacial score (nSPS) is 15.4. The average molecular weight is 444 g/mol. The molecule has 0 aromatic heterocycles. The fraction of sp³-hybridized carbons (Fsp3) is 0.208. The number of halogens is 3. The van der Waals surface area contributed by atoms with E-state index < -0.39 is 23.6 Å². The summed E-state index contributed by atoms with van der Waals surface area (Å²) < 4.78 is 40.3. The number of ether oxygens (including phenoxy) is 2. The Morgan fingerprint density at radius 1 is 1.00 bits per heavy atom. The standard InChI is InChI=1S/C24H20ClF2NO3/c1-30-20-12-14-10-11-28(24(29)15-6-3-4-8-18(15)26)23(16(14)13-21(20)31-2)22-17(25)7-5-9-19(22)27/h3-9,12-13,23H,10-11H2,1-2H3. The maximum atomic E-state index is 15.0. The Morgan fingerprint density at radius 2 is 1.68 bits per heavy atom. The highest BCUT2D eigenvalue weighted by Crippen LogP contribution is 2.44. The molecule has 7 heteroatoms. The minimum Gasteiger partial charge on any atom is -0.493 e. The van der Waals surface area contributed by atoms with Gasteiger partial charge in [-0.05, 0) is 53.9 Å². The van der Waals surface area contributed by atoms with Crippen LogP contribution in [0.3, 0.4) is 0 Å². The second-order valence-electron chi connectivity index (χ2n) is 7.17. The molecule has 0 radical (unpaired) electrons. The fourth-order valence-corrected chi connectivity index (χ4v) is 4.30. The molecule has 0 saturated carbocycles. The molecule has 0 bridgehead atoms. The van der Waals surface area contributed by atoms with Crippen molar-refractivity contribution in [2.24, 2.45) is 0 Å². The molecule has 0 aliphatic carbocycles. The van der Waals surface area contributed by atoms with Gasteiger partial charge in [-0.1, -0.05) is 29.8 Å². The second kappa shape index (κ2) is 8.55. The number of rotatable bonds is 4. The highest BCUT2D eigenvalue weighted by atomic mass is 35.5. The van der Waals surface area contributed by atoms with Crippen LogP contribution in [0.4, 0.5) is 8.78 Å². The molecule has 3 aromatic rings. The molecule has 3 aromatic carbocycles. The van der Waals surface area contributed by atoms with Gasteiger partial charge < -0.3 is 14.4 Å². The summed E-state index contributed by atoms with van der Waals surface area (Å²) in [6.45, 7) is 0.255. The minimum atomic E-state index is -0.857. The topological polar surface area (TPSA) is 38.8 Å². The van der Waals surface area contributed by atoms with Crippen LogP contribution in [0.2, 0.25) is 5.02 Å². The quantitative estimate of drug-likeness (QED) is 0.540. The molecule has 1 aliphatic heterocycles. The van der Waals surface area contributed by atoms with Crippen molar-refractivity contribution in [3.63, 3.8) is 0 Å².